The molecule has 11 heteroatoms. The molecule has 7 rings (SSSR count). The van der Waals surface area contributed by atoms with Crippen molar-refractivity contribution in [2.24, 2.45) is 0 Å². The molecule has 4 aromatic heterocycles. The molecule has 194 valence electrons. The van der Waals surface area contributed by atoms with Crippen LogP contribution in [0.1, 0.15) is 35.3 Å². The molecule has 0 atom stereocenters. The third-order valence-electron chi connectivity index (χ3n) is 7.13. The van der Waals surface area contributed by atoms with Crippen LogP contribution >= 0.6 is 23.1 Å². The Bertz CT molecular complexity index is 1690. The molecular formula is C27H26N6O3S2. The first-order valence-corrected chi connectivity index (χ1v) is 14.4. The van der Waals surface area contributed by atoms with E-state index in [0.717, 1.165) is 57.0 Å². The van der Waals surface area contributed by atoms with E-state index in [2.05, 4.69) is 28.9 Å². The maximum Gasteiger partial charge on any atom is 0.197 e. The Morgan fingerprint density at radius 3 is 2.76 bits per heavy atom. The Morgan fingerprint density at radius 2 is 1.95 bits per heavy atom. The van der Waals surface area contributed by atoms with Gasteiger partial charge >= 0.3 is 0 Å². The summed E-state index contributed by atoms with van der Waals surface area (Å²) in [4.78, 5) is 26.0. The number of Topliss-reactive ketones (excluding diaryl/α,β-unsaturated/α-hetero) is 1. The predicted octanol–water partition coefficient (Wildman–Crippen LogP) is 4.55. The van der Waals surface area contributed by atoms with Gasteiger partial charge in [-0.2, -0.15) is 0 Å². The molecule has 1 saturated heterocycles. The molecule has 38 heavy (non-hydrogen) atoms. The van der Waals surface area contributed by atoms with Crippen LogP contribution in [0.15, 0.2) is 41.8 Å². The summed E-state index contributed by atoms with van der Waals surface area (Å²) < 4.78 is 14.7. The Morgan fingerprint density at radius 1 is 1.13 bits per heavy atom. The lowest BCUT2D eigenvalue weighted by Crippen LogP contribution is -2.39. The number of aromatic nitrogens is 5. The van der Waals surface area contributed by atoms with Gasteiger partial charge in [0.15, 0.2) is 16.6 Å². The van der Waals surface area contributed by atoms with Crippen LogP contribution in [0.2, 0.25) is 0 Å². The van der Waals surface area contributed by atoms with E-state index in [-0.39, 0.29) is 17.1 Å². The Hall–Kier alpha value is -3.12. The molecule has 0 bridgehead atoms. The summed E-state index contributed by atoms with van der Waals surface area (Å²) in [5.74, 6) is 1.33. The zero-order chi connectivity index (χ0) is 25.9. The number of anilines is 1. The highest BCUT2D eigenvalue weighted by Crippen LogP contribution is 2.43. The van der Waals surface area contributed by atoms with Gasteiger partial charge in [-0.15, -0.1) is 21.5 Å². The van der Waals surface area contributed by atoms with E-state index in [1.807, 2.05) is 34.7 Å². The molecule has 6 heterocycles. The van der Waals surface area contributed by atoms with Gasteiger partial charge < -0.3 is 14.4 Å². The molecule has 2 aliphatic heterocycles. The molecule has 5 aromatic rings. The second-order valence-electron chi connectivity index (χ2n) is 10.2. The standard InChI is InChI=1S/C27H26N6O3S2/c1-27(2)12-17-18(13-36-27)23(32-8-10-35-11-9-32)29-25-20(17)21-22(38-25)24-30-31-26(33(24)15-28-21)37-14-19(34)16-6-4-3-5-7-16/h3-7,15H,8-14H2,1-2H3. The van der Waals surface area contributed by atoms with Crippen LogP contribution in [0.25, 0.3) is 26.1 Å². The normalized spacial score (nSPS) is 17.4. The highest BCUT2D eigenvalue weighted by atomic mass is 32.2. The number of carbonyl (C=O) groups excluding carboxylic acids is 1. The van der Waals surface area contributed by atoms with Crippen LogP contribution in [-0.4, -0.2) is 68.0 Å². The van der Waals surface area contributed by atoms with Crippen molar-refractivity contribution in [2.45, 2.75) is 37.6 Å². The molecule has 1 fully saturated rings. The topological polar surface area (TPSA) is 94.7 Å². The zero-order valence-corrected chi connectivity index (χ0v) is 22.8. The fourth-order valence-corrected chi connectivity index (χ4v) is 7.13. The summed E-state index contributed by atoms with van der Waals surface area (Å²) in [6.07, 6.45) is 2.55. The van der Waals surface area contributed by atoms with Crippen molar-refractivity contribution in [1.29, 1.82) is 0 Å². The van der Waals surface area contributed by atoms with Crippen molar-refractivity contribution in [3.8, 4) is 0 Å². The van der Waals surface area contributed by atoms with Crippen LogP contribution in [0.3, 0.4) is 0 Å². The number of ether oxygens (including phenoxy) is 2. The maximum absolute atomic E-state index is 12.6. The maximum atomic E-state index is 12.6. The van der Waals surface area contributed by atoms with Crippen molar-refractivity contribution < 1.29 is 14.3 Å². The highest BCUT2D eigenvalue weighted by Gasteiger charge is 2.33. The SMILES string of the molecule is CC1(C)Cc2c(c(N3CCOCC3)nc3sc4c(ncn5c(SCC(=O)c6ccccc6)nnc45)c23)CO1. The van der Waals surface area contributed by atoms with Gasteiger partial charge in [-0.05, 0) is 19.4 Å². The monoisotopic (exact) mass is 546 g/mol. The van der Waals surface area contributed by atoms with Crippen LogP contribution < -0.4 is 4.90 Å². The van der Waals surface area contributed by atoms with Gasteiger partial charge in [-0.1, -0.05) is 42.1 Å². The molecule has 0 aliphatic carbocycles. The lowest BCUT2D eigenvalue weighted by molar-refractivity contribution is -0.0396. The summed E-state index contributed by atoms with van der Waals surface area (Å²) in [6.45, 7) is 7.82. The molecule has 2 aliphatic rings. The third-order valence-corrected chi connectivity index (χ3v) is 9.14. The van der Waals surface area contributed by atoms with E-state index in [4.69, 9.17) is 19.4 Å². The van der Waals surface area contributed by atoms with E-state index in [9.17, 15) is 4.79 Å². The van der Waals surface area contributed by atoms with E-state index in [0.29, 0.717) is 30.5 Å². The number of fused-ring (bicyclic) bond motifs is 7. The number of nitrogens with zero attached hydrogens (tertiary/aromatic N) is 6. The van der Waals surface area contributed by atoms with Crippen molar-refractivity contribution >= 4 is 60.8 Å². The molecule has 0 radical (unpaired) electrons. The smallest absolute Gasteiger partial charge is 0.197 e. The summed E-state index contributed by atoms with van der Waals surface area (Å²) >= 11 is 2.98. The van der Waals surface area contributed by atoms with Crippen LogP contribution in [0, 0.1) is 0 Å². The fourth-order valence-electron chi connectivity index (χ4n) is 5.20. The lowest BCUT2D eigenvalue weighted by atomic mass is 9.90. The fraction of sp³-hybridized carbons (Fsp3) is 0.370. The summed E-state index contributed by atoms with van der Waals surface area (Å²) in [5, 5.41) is 10.7. The molecule has 1 aromatic carbocycles. The molecule has 0 N–H and O–H groups in total. The van der Waals surface area contributed by atoms with Crippen molar-refractivity contribution in [2.75, 3.05) is 37.0 Å². The lowest BCUT2D eigenvalue weighted by Gasteiger charge is -2.36. The van der Waals surface area contributed by atoms with E-state index >= 15 is 0 Å². The number of ketones is 1. The van der Waals surface area contributed by atoms with Crippen LogP contribution in [0.4, 0.5) is 5.82 Å². The van der Waals surface area contributed by atoms with Crippen LogP contribution in [-0.2, 0) is 22.5 Å². The number of pyridine rings is 1. The van der Waals surface area contributed by atoms with Crippen molar-refractivity contribution in [1.82, 2.24) is 24.6 Å². The quantitative estimate of drug-likeness (QED) is 0.232. The average Bonchev–Trinajstić information content (AvgIpc) is 3.53. The minimum absolute atomic E-state index is 0.0551. The average molecular weight is 547 g/mol. The summed E-state index contributed by atoms with van der Waals surface area (Å²) in [5.41, 5.74) is 4.47. The number of rotatable bonds is 5. The first-order chi connectivity index (χ1) is 18.5. The van der Waals surface area contributed by atoms with Crippen molar-refractivity contribution in [3.63, 3.8) is 0 Å². The number of thiophene rings is 1. The molecule has 0 saturated carbocycles. The molecule has 0 spiro atoms. The highest BCUT2D eigenvalue weighted by molar-refractivity contribution is 7.99. The third kappa shape index (κ3) is 4.05. The molecule has 0 unspecified atom stereocenters. The Kier molecular flexibility index (Phi) is 5.84. The van der Waals surface area contributed by atoms with E-state index in [1.54, 1.807) is 17.7 Å². The van der Waals surface area contributed by atoms with Crippen LogP contribution in [0.5, 0.6) is 0 Å². The van der Waals surface area contributed by atoms with E-state index < -0.39 is 0 Å². The molecule has 0 amide bonds. The molecular weight excluding hydrogens is 520 g/mol. The van der Waals surface area contributed by atoms with Gasteiger partial charge in [0, 0.05) is 36.0 Å². The number of benzene rings is 1. The predicted molar refractivity (Wildman–Crippen MR) is 149 cm³/mol. The minimum atomic E-state index is -0.272. The molecule has 9 nitrogen and oxygen atoms in total. The largest absolute Gasteiger partial charge is 0.378 e. The van der Waals surface area contributed by atoms with Gasteiger partial charge in [0.25, 0.3) is 0 Å². The Balaban J connectivity index is 1.32. The van der Waals surface area contributed by atoms with Crippen molar-refractivity contribution in [3.05, 3.63) is 53.3 Å². The number of hydrogen-bond donors (Lipinski definition) is 0. The van der Waals surface area contributed by atoms with Gasteiger partial charge in [0.2, 0.25) is 0 Å². The van der Waals surface area contributed by atoms with Gasteiger partial charge in [0.05, 0.1) is 36.7 Å². The van der Waals surface area contributed by atoms with Gasteiger partial charge in [0.1, 0.15) is 21.7 Å². The number of thioether (sulfide) groups is 1. The number of carbonyl (C=O) groups is 1. The van der Waals surface area contributed by atoms with Gasteiger partial charge in [-0.3, -0.25) is 9.20 Å². The number of hydrogen-bond acceptors (Lipinski definition) is 10. The van der Waals surface area contributed by atoms with Gasteiger partial charge in [-0.25, -0.2) is 9.97 Å². The second-order valence-corrected chi connectivity index (χ2v) is 12.1. The van der Waals surface area contributed by atoms with E-state index in [1.165, 1.54) is 17.3 Å². The zero-order valence-electron chi connectivity index (χ0n) is 21.1. The summed E-state index contributed by atoms with van der Waals surface area (Å²) in [6, 6.07) is 9.31. The first kappa shape index (κ1) is 24.0. The summed E-state index contributed by atoms with van der Waals surface area (Å²) in [7, 11) is 0. The minimum Gasteiger partial charge on any atom is -0.378 e. The Labute approximate surface area is 227 Å². The first-order valence-electron chi connectivity index (χ1n) is 12.6. The second kappa shape index (κ2) is 9.26. The number of morpholine rings is 1.